The van der Waals surface area contributed by atoms with Gasteiger partial charge < -0.3 is 16.0 Å². The van der Waals surface area contributed by atoms with E-state index in [-0.39, 0.29) is 12.5 Å². The van der Waals surface area contributed by atoms with Gasteiger partial charge in [0.25, 0.3) is 0 Å². The quantitative estimate of drug-likeness (QED) is 0.575. The number of hydrogen-bond acceptors (Lipinski definition) is 2. The van der Waals surface area contributed by atoms with Crippen LogP contribution in [0.3, 0.4) is 0 Å². The Kier molecular flexibility index (Phi) is 4.44. The first-order chi connectivity index (χ1) is 8.66. The van der Waals surface area contributed by atoms with E-state index in [9.17, 15) is 4.79 Å². The molecule has 0 bridgehead atoms. The highest BCUT2D eigenvalue weighted by molar-refractivity contribution is 5.84. The molecule has 2 aliphatic rings. The second-order valence-corrected chi connectivity index (χ2v) is 5.42. The number of nitrogens with one attached hydrogen (secondary N) is 1. The summed E-state index contributed by atoms with van der Waals surface area (Å²) in [6.07, 6.45) is 8.31. The van der Waals surface area contributed by atoms with Crippen molar-refractivity contribution in [2.24, 2.45) is 10.7 Å². The van der Waals surface area contributed by atoms with Crippen LogP contribution in [0.25, 0.3) is 0 Å². The minimum absolute atomic E-state index is 0.00551. The Morgan fingerprint density at radius 2 is 1.94 bits per heavy atom. The highest BCUT2D eigenvalue weighted by Gasteiger charge is 2.27. The third-order valence-electron chi connectivity index (χ3n) is 3.81. The van der Waals surface area contributed by atoms with E-state index >= 15 is 0 Å². The van der Waals surface area contributed by atoms with E-state index in [1.807, 2.05) is 11.9 Å². The Labute approximate surface area is 109 Å². The molecular weight excluding hydrogens is 228 g/mol. The zero-order valence-corrected chi connectivity index (χ0v) is 11.2. The molecule has 18 heavy (non-hydrogen) atoms. The van der Waals surface area contributed by atoms with Crippen LogP contribution in [0.5, 0.6) is 0 Å². The van der Waals surface area contributed by atoms with Crippen LogP contribution in [-0.2, 0) is 4.79 Å². The predicted molar refractivity (Wildman–Crippen MR) is 72.3 cm³/mol. The van der Waals surface area contributed by atoms with Crippen LogP contribution in [-0.4, -0.2) is 42.4 Å². The third-order valence-corrected chi connectivity index (χ3v) is 3.81. The molecule has 2 saturated carbocycles. The molecule has 0 aromatic heterocycles. The van der Waals surface area contributed by atoms with E-state index in [1.54, 1.807) is 0 Å². The van der Waals surface area contributed by atoms with Gasteiger partial charge >= 0.3 is 0 Å². The summed E-state index contributed by atoms with van der Waals surface area (Å²) in [5, 5.41) is 3.04. The van der Waals surface area contributed by atoms with Gasteiger partial charge in [0.15, 0.2) is 5.96 Å². The minimum atomic E-state index is -0.00551. The summed E-state index contributed by atoms with van der Waals surface area (Å²) in [6, 6.07) is 0.888. The standard InChI is InChI=1S/C13H24N4O/c1-17(11-7-8-11)13(14)15-9-12(18)16-10-5-3-2-4-6-10/h10-11H,2-9H2,1H3,(H2,14,15)(H,16,18). The van der Waals surface area contributed by atoms with E-state index < -0.39 is 0 Å². The van der Waals surface area contributed by atoms with Crippen LogP contribution < -0.4 is 11.1 Å². The average Bonchev–Trinajstić information content (AvgIpc) is 3.20. The van der Waals surface area contributed by atoms with E-state index in [0.29, 0.717) is 18.0 Å². The molecule has 0 aromatic rings. The number of nitrogens with zero attached hydrogens (tertiary/aromatic N) is 2. The highest BCUT2D eigenvalue weighted by atomic mass is 16.1. The molecule has 1 amide bonds. The molecule has 0 atom stereocenters. The van der Waals surface area contributed by atoms with Gasteiger partial charge in [-0.25, -0.2) is 4.99 Å². The summed E-state index contributed by atoms with van der Waals surface area (Å²) in [4.78, 5) is 17.9. The molecule has 2 rings (SSSR count). The maximum atomic E-state index is 11.7. The van der Waals surface area contributed by atoms with Crippen molar-refractivity contribution >= 4 is 11.9 Å². The molecule has 0 heterocycles. The van der Waals surface area contributed by atoms with Gasteiger partial charge in [-0.15, -0.1) is 0 Å². The molecule has 0 unspecified atom stereocenters. The number of aliphatic imine (C=N–C) groups is 1. The SMILES string of the molecule is CN(C(N)=NCC(=O)NC1CCCCC1)C1CC1. The van der Waals surface area contributed by atoms with Crippen LogP contribution in [0.15, 0.2) is 4.99 Å². The van der Waals surface area contributed by atoms with Crippen molar-refractivity contribution in [1.29, 1.82) is 0 Å². The lowest BCUT2D eigenvalue weighted by molar-refractivity contribution is -0.120. The van der Waals surface area contributed by atoms with Gasteiger partial charge in [0.2, 0.25) is 5.91 Å². The van der Waals surface area contributed by atoms with Crippen molar-refractivity contribution in [2.45, 2.75) is 57.0 Å². The molecule has 5 nitrogen and oxygen atoms in total. The monoisotopic (exact) mass is 252 g/mol. The third kappa shape index (κ3) is 3.89. The fraction of sp³-hybridized carbons (Fsp3) is 0.846. The lowest BCUT2D eigenvalue weighted by Crippen LogP contribution is -2.39. The molecule has 0 radical (unpaired) electrons. The fourth-order valence-corrected chi connectivity index (χ4v) is 2.43. The van der Waals surface area contributed by atoms with Crippen LogP contribution in [0.2, 0.25) is 0 Å². The van der Waals surface area contributed by atoms with Crippen LogP contribution in [0.1, 0.15) is 44.9 Å². The van der Waals surface area contributed by atoms with E-state index in [1.165, 1.54) is 32.1 Å². The number of hydrogen-bond donors (Lipinski definition) is 2. The first-order valence-corrected chi connectivity index (χ1v) is 6.99. The zero-order valence-electron chi connectivity index (χ0n) is 11.2. The summed E-state index contributed by atoms with van der Waals surface area (Å²) in [5.74, 6) is 0.477. The molecule has 2 aliphatic carbocycles. The lowest BCUT2D eigenvalue weighted by Gasteiger charge is -2.22. The molecular formula is C13H24N4O. The summed E-state index contributed by atoms with van der Waals surface area (Å²) < 4.78 is 0. The molecule has 102 valence electrons. The topological polar surface area (TPSA) is 70.7 Å². The molecule has 0 saturated heterocycles. The van der Waals surface area contributed by atoms with Crippen LogP contribution >= 0.6 is 0 Å². The highest BCUT2D eigenvalue weighted by Crippen LogP contribution is 2.24. The van der Waals surface area contributed by atoms with Crippen molar-refractivity contribution in [2.75, 3.05) is 13.6 Å². The molecule has 3 N–H and O–H groups in total. The van der Waals surface area contributed by atoms with E-state index in [4.69, 9.17) is 5.73 Å². The molecule has 0 aliphatic heterocycles. The van der Waals surface area contributed by atoms with Gasteiger partial charge in [-0.2, -0.15) is 0 Å². The molecule has 0 spiro atoms. The molecule has 5 heteroatoms. The maximum Gasteiger partial charge on any atom is 0.242 e. The largest absolute Gasteiger partial charge is 0.370 e. The number of guanidine groups is 1. The number of rotatable bonds is 4. The van der Waals surface area contributed by atoms with Gasteiger partial charge in [0.1, 0.15) is 6.54 Å². The van der Waals surface area contributed by atoms with E-state index in [0.717, 1.165) is 12.8 Å². The summed E-state index contributed by atoms with van der Waals surface area (Å²) >= 11 is 0. The molecule has 2 fully saturated rings. The van der Waals surface area contributed by atoms with Gasteiger partial charge in [-0.05, 0) is 25.7 Å². The van der Waals surface area contributed by atoms with Crippen molar-refractivity contribution in [1.82, 2.24) is 10.2 Å². The normalized spacial score (nSPS) is 21.7. The first-order valence-electron chi connectivity index (χ1n) is 6.99. The van der Waals surface area contributed by atoms with Crippen molar-refractivity contribution < 1.29 is 4.79 Å². The van der Waals surface area contributed by atoms with Crippen molar-refractivity contribution in [3.8, 4) is 0 Å². The minimum Gasteiger partial charge on any atom is -0.370 e. The maximum absolute atomic E-state index is 11.7. The Balaban J connectivity index is 1.71. The smallest absolute Gasteiger partial charge is 0.242 e. The number of carbonyl (C=O) groups is 1. The predicted octanol–water partition coefficient (Wildman–Crippen LogP) is 0.844. The molecule has 0 aromatic carbocycles. The average molecular weight is 252 g/mol. The van der Waals surface area contributed by atoms with Gasteiger partial charge in [0.05, 0.1) is 0 Å². The Morgan fingerprint density at radius 3 is 2.56 bits per heavy atom. The fourth-order valence-electron chi connectivity index (χ4n) is 2.43. The Morgan fingerprint density at radius 1 is 1.28 bits per heavy atom. The second kappa shape index (κ2) is 6.07. The summed E-state index contributed by atoms with van der Waals surface area (Å²) in [5.41, 5.74) is 5.84. The summed E-state index contributed by atoms with van der Waals surface area (Å²) in [6.45, 7) is 0.152. The lowest BCUT2D eigenvalue weighted by atomic mass is 9.95. The van der Waals surface area contributed by atoms with Crippen molar-refractivity contribution in [3.05, 3.63) is 0 Å². The van der Waals surface area contributed by atoms with E-state index in [2.05, 4.69) is 10.3 Å². The van der Waals surface area contributed by atoms with Gasteiger partial charge in [-0.1, -0.05) is 19.3 Å². The number of carbonyl (C=O) groups excluding carboxylic acids is 1. The van der Waals surface area contributed by atoms with Gasteiger partial charge in [0, 0.05) is 19.1 Å². The summed E-state index contributed by atoms with van der Waals surface area (Å²) in [7, 11) is 1.94. The zero-order chi connectivity index (χ0) is 13.0. The Hall–Kier alpha value is -1.26. The van der Waals surface area contributed by atoms with Crippen LogP contribution in [0, 0.1) is 0 Å². The van der Waals surface area contributed by atoms with Crippen LogP contribution in [0.4, 0.5) is 0 Å². The van der Waals surface area contributed by atoms with Crippen molar-refractivity contribution in [3.63, 3.8) is 0 Å². The second-order valence-electron chi connectivity index (χ2n) is 5.42. The number of amides is 1. The first kappa shape index (κ1) is 13.2. The Bertz CT molecular complexity index is 319. The number of nitrogens with two attached hydrogens (primary N) is 1. The van der Waals surface area contributed by atoms with Gasteiger partial charge in [-0.3, -0.25) is 4.79 Å².